The number of rotatable bonds is 3. The molecule has 0 radical (unpaired) electrons. The highest BCUT2D eigenvalue weighted by Crippen LogP contribution is 2.25. The molecule has 5 nitrogen and oxygen atoms in total. The number of carbonyl (C=O) groups is 2. The van der Waals surface area contributed by atoms with Crippen LogP contribution in [0.1, 0.15) is 43.4 Å². The summed E-state index contributed by atoms with van der Waals surface area (Å²) in [6, 6.07) is -0.480. The molecule has 2 rings (SSSR count). The fourth-order valence-electron chi connectivity index (χ4n) is 2.22. The van der Waals surface area contributed by atoms with Crippen LogP contribution in [-0.4, -0.2) is 34.3 Å². The van der Waals surface area contributed by atoms with Gasteiger partial charge in [-0.15, -0.1) is 11.3 Å². The maximum absolute atomic E-state index is 12.4. The molecule has 19 heavy (non-hydrogen) atoms. The first-order valence-electron chi connectivity index (χ1n) is 6.54. The highest BCUT2D eigenvalue weighted by molar-refractivity contribution is 7.09. The molecule has 2 heterocycles. The van der Waals surface area contributed by atoms with Gasteiger partial charge < -0.3 is 10.2 Å². The second kappa shape index (κ2) is 5.69. The Morgan fingerprint density at radius 2 is 2.32 bits per heavy atom. The molecule has 1 aliphatic heterocycles. The lowest BCUT2D eigenvalue weighted by atomic mass is 10.2. The summed E-state index contributed by atoms with van der Waals surface area (Å²) < 4.78 is 0. The van der Waals surface area contributed by atoms with Crippen LogP contribution in [0.3, 0.4) is 0 Å². The minimum absolute atomic E-state index is 0.00583. The van der Waals surface area contributed by atoms with E-state index in [1.807, 2.05) is 26.2 Å². The smallest absolute Gasteiger partial charge is 0.245 e. The number of carbonyl (C=O) groups excluding carboxylic acids is 2. The second-order valence-electron chi connectivity index (χ2n) is 4.81. The maximum atomic E-state index is 12.4. The topological polar surface area (TPSA) is 62.3 Å². The standard InChI is InChI=1S/C13H19N3O2S/c1-4-10-13(18)16(6-5-11(17)15-10)9(3)12-14-8(2)7-19-12/h7,9-10H,4-6H2,1-3H3,(H,15,17). The van der Waals surface area contributed by atoms with Crippen LogP contribution in [0.25, 0.3) is 0 Å². The van der Waals surface area contributed by atoms with Crippen molar-refractivity contribution in [3.05, 3.63) is 16.1 Å². The Morgan fingerprint density at radius 3 is 2.89 bits per heavy atom. The molecule has 2 amide bonds. The average molecular weight is 281 g/mol. The van der Waals surface area contributed by atoms with E-state index in [-0.39, 0.29) is 17.9 Å². The lowest BCUT2D eigenvalue weighted by molar-refractivity contribution is -0.135. The highest BCUT2D eigenvalue weighted by Gasteiger charge is 2.32. The zero-order valence-corrected chi connectivity index (χ0v) is 12.3. The van der Waals surface area contributed by atoms with Gasteiger partial charge in [0.25, 0.3) is 0 Å². The van der Waals surface area contributed by atoms with E-state index in [9.17, 15) is 9.59 Å². The van der Waals surface area contributed by atoms with Crippen molar-refractivity contribution in [3.8, 4) is 0 Å². The van der Waals surface area contributed by atoms with Crippen LogP contribution in [0.5, 0.6) is 0 Å². The van der Waals surface area contributed by atoms with Crippen molar-refractivity contribution in [2.75, 3.05) is 6.54 Å². The molecule has 0 aromatic carbocycles. The normalized spacial score (nSPS) is 22.1. The van der Waals surface area contributed by atoms with Crippen molar-refractivity contribution in [2.24, 2.45) is 0 Å². The predicted octanol–water partition coefficient (Wildman–Crippen LogP) is 1.64. The number of nitrogens with one attached hydrogen (secondary N) is 1. The highest BCUT2D eigenvalue weighted by atomic mass is 32.1. The van der Waals surface area contributed by atoms with Crippen LogP contribution in [0, 0.1) is 6.92 Å². The molecular formula is C13H19N3O2S. The number of aryl methyl sites for hydroxylation is 1. The van der Waals surface area contributed by atoms with Crippen molar-refractivity contribution < 1.29 is 9.59 Å². The Balaban J connectivity index is 2.21. The number of nitrogens with zero attached hydrogens (tertiary/aromatic N) is 2. The van der Waals surface area contributed by atoms with Gasteiger partial charge in [0.1, 0.15) is 11.0 Å². The molecule has 1 aliphatic rings. The maximum Gasteiger partial charge on any atom is 0.245 e. The van der Waals surface area contributed by atoms with Crippen LogP contribution in [0.2, 0.25) is 0 Å². The van der Waals surface area contributed by atoms with Gasteiger partial charge in [-0.25, -0.2) is 4.98 Å². The van der Waals surface area contributed by atoms with E-state index < -0.39 is 6.04 Å². The van der Waals surface area contributed by atoms with E-state index in [0.717, 1.165) is 10.7 Å². The Morgan fingerprint density at radius 1 is 1.58 bits per heavy atom. The molecule has 6 heteroatoms. The van der Waals surface area contributed by atoms with Crippen molar-refractivity contribution in [1.82, 2.24) is 15.2 Å². The van der Waals surface area contributed by atoms with Crippen LogP contribution < -0.4 is 5.32 Å². The summed E-state index contributed by atoms with van der Waals surface area (Å²) in [7, 11) is 0. The van der Waals surface area contributed by atoms with Crippen LogP contribution in [0.4, 0.5) is 0 Å². The van der Waals surface area contributed by atoms with E-state index in [1.165, 1.54) is 0 Å². The van der Waals surface area contributed by atoms with Crippen LogP contribution in [0.15, 0.2) is 5.38 Å². The van der Waals surface area contributed by atoms with E-state index in [2.05, 4.69) is 10.3 Å². The van der Waals surface area contributed by atoms with Gasteiger partial charge in [0, 0.05) is 24.0 Å². The molecule has 1 aromatic heterocycles. The largest absolute Gasteiger partial charge is 0.344 e. The molecule has 0 saturated carbocycles. The molecule has 1 N–H and O–H groups in total. The van der Waals surface area contributed by atoms with Gasteiger partial charge in [0.15, 0.2) is 0 Å². The van der Waals surface area contributed by atoms with Crippen LogP contribution >= 0.6 is 11.3 Å². The van der Waals surface area contributed by atoms with Crippen molar-refractivity contribution in [1.29, 1.82) is 0 Å². The summed E-state index contributed by atoms with van der Waals surface area (Å²) in [6.45, 7) is 6.28. The Hall–Kier alpha value is -1.43. The molecular weight excluding hydrogens is 262 g/mol. The summed E-state index contributed by atoms with van der Waals surface area (Å²) in [5, 5.41) is 5.68. The molecule has 104 valence electrons. The molecule has 0 bridgehead atoms. The second-order valence-corrected chi connectivity index (χ2v) is 5.70. The monoisotopic (exact) mass is 281 g/mol. The Kier molecular flexibility index (Phi) is 4.19. The zero-order valence-electron chi connectivity index (χ0n) is 11.5. The summed E-state index contributed by atoms with van der Waals surface area (Å²) in [6.07, 6.45) is 0.974. The molecule has 2 unspecified atom stereocenters. The van der Waals surface area contributed by atoms with Gasteiger partial charge in [-0.3, -0.25) is 9.59 Å². The van der Waals surface area contributed by atoms with Gasteiger partial charge >= 0.3 is 0 Å². The van der Waals surface area contributed by atoms with Crippen molar-refractivity contribution in [3.63, 3.8) is 0 Å². The first-order chi connectivity index (χ1) is 9.02. The Labute approximate surface area is 117 Å². The third-order valence-electron chi connectivity index (χ3n) is 3.37. The minimum Gasteiger partial charge on any atom is -0.344 e. The molecule has 2 atom stereocenters. The summed E-state index contributed by atoms with van der Waals surface area (Å²) in [5.74, 6) is -0.0566. The third-order valence-corrected chi connectivity index (χ3v) is 4.50. The Bertz CT molecular complexity index is 486. The average Bonchev–Trinajstić information content (AvgIpc) is 2.76. The number of thiazole rings is 1. The van der Waals surface area contributed by atoms with Gasteiger partial charge in [-0.1, -0.05) is 6.92 Å². The summed E-state index contributed by atoms with van der Waals surface area (Å²) in [5.41, 5.74) is 0.968. The van der Waals surface area contributed by atoms with Gasteiger partial charge in [0.05, 0.1) is 6.04 Å². The van der Waals surface area contributed by atoms with E-state index in [1.54, 1.807) is 16.2 Å². The predicted molar refractivity (Wildman–Crippen MR) is 73.8 cm³/mol. The lowest BCUT2D eigenvalue weighted by Crippen LogP contribution is -2.45. The first-order valence-corrected chi connectivity index (χ1v) is 7.42. The fourth-order valence-corrected chi connectivity index (χ4v) is 3.08. The van der Waals surface area contributed by atoms with E-state index in [0.29, 0.717) is 19.4 Å². The zero-order chi connectivity index (χ0) is 14.0. The summed E-state index contributed by atoms with van der Waals surface area (Å²) >= 11 is 1.56. The first kappa shape index (κ1) is 14.0. The van der Waals surface area contributed by atoms with Crippen molar-refractivity contribution in [2.45, 2.75) is 45.7 Å². The minimum atomic E-state index is -0.404. The molecule has 0 spiro atoms. The SMILES string of the molecule is CCC1NC(=O)CCN(C(C)c2nc(C)cs2)C1=O. The number of hydrogen-bond acceptors (Lipinski definition) is 4. The molecule has 1 aromatic rings. The number of hydrogen-bond donors (Lipinski definition) is 1. The lowest BCUT2D eigenvalue weighted by Gasteiger charge is -2.28. The molecule has 1 saturated heterocycles. The van der Waals surface area contributed by atoms with Gasteiger partial charge in [-0.05, 0) is 20.3 Å². The molecule has 0 aliphatic carbocycles. The van der Waals surface area contributed by atoms with E-state index in [4.69, 9.17) is 0 Å². The van der Waals surface area contributed by atoms with Crippen LogP contribution in [-0.2, 0) is 9.59 Å². The fraction of sp³-hybridized carbons (Fsp3) is 0.615. The third kappa shape index (κ3) is 2.94. The quantitative estimate of drug-likeness (QED) is 0.916. The summed E-state index contributed by atoms with van der Waals surface area (Å²) in [4.78, 5) is 30.2. The van der Waals surface area contributed by atoms with Gasteiger partial charge in [0.2, 0.25) is 11.8 Å². The van der Waals surface area contributed by atoms with Gasteiger partial charge in [-0.2, -0.15) is 0 Å². The van der Waals surface area contributed by atoms with E-state index >= 15 is 0 Å². The number of amides is 2. The molecule has 1 fully saturated rings. The number of aromatic nitrogens is 1. The van der Waals surface area contributed by atoms with Crippen molar-refractivity contribution >= 4 is 23.2 Å².